The van der Waals surface area contributed by atoms with Crippen LogP contribution in [-0.2, 0) is 9.53 Å². The number of hydrogen-bond acceptors (Lipinski definition) is 4. The lowest BCUT2D eigenvalue weighted by Crippen LogP contribution is -2.34. The molecular weight excluding hydrogens is 204 g/mol. The van der Waals surface area contributed by atoms with Gasteiger partial charge in [-0.05, 0) is 19.9 Å². The van der Waals surface area contributed by atoms with Crippen LogP contribution < -0.4 is 5.32 Å². The molecule has 1 N–H and O–H groups in total. The Labute approximate surface area is 97.6 Å². The standard InChI is InChI=1S/C12H22N2O2/c1-14(11-5-3-4-6-11)10-9-13-8-7-12(15)16-2/h7-8,11,13H,3-6,9-10H2,1-2H3/b8-7+. The Bertz CT molecular complexity index is 235. The molecule has 16 heavy (non-hydrogen) atoms. The highest BCUT2D eigenvalue weighted by atomic mass is 16.5. The van der Waals surface area contributed by atoms with Crippen LogP contribution in [0.25, 0.3) is 0 Å². The molecule has 4 nitrogen and oxygen atoms in total. The van der Waals surface area contributed by atoms with E-state index in [0.717, 1.165) is 19.1 Å². The predicted octanol–water partition coefficient (Wildman–Crippen LogP) is 1.14. The van der Waals surface area contributed by atoms with Crippen molar-refractivity contribution in [1.29, 1.82) is 0 Å². The lowest BCUT2D eigenvalue weighted by Gasteiger charge is -2.23. The number of nitrogens with zero attached hydrogens (tertiary/aromatic N) is 1. The second kappa shape index (κ2) is 7.28. The number of ether oxygens (including phenoxy) is 1. The Morgan fingerprint density at radius 2 is 2.19 bits per heavy atom. The second-order valence-electron chi connectivity index (χ2n) is 4.23. The molecule has 0 aliphatic heterocycles. The van der Waals surface area contributed by atoms with E-state index in [1.807, 2.05) is 0 Å². The molecule has 92 valence electrons. The summed E-state index contributed by atoms with van der Waals surface area (Å²) in [5.74, 6) is -0.323. The van der Waals surface area contributed by atoms with Crippen molar-refractivity contribution in [2.45, 2.75) is 31.7 Å². The van der Waals surface area contributed by atoms with Crippen molar-refractivity contribution in [1.82, 2.24) is 10.2 Å². The molecule has 1 aliphatic carbocycles. The van der Waals surface area contributed by atoms with E-state index in [1.54, 1.807) is 6.20 Å². The van der Waals surface area contributed by atoms with Crippen LogP contribution in [0.4, 0.5) is 0 Å². The van der Waals surface area contributed by atoms with Gasteiger partial charge in [0, 0.05) is 31.4 Å². The van der Waals surface area contributed by atoms with E-state index < -0.39 is 0 Å². The number of likely N-dealkylation sites (N-methyl/N-ethyl adjacent to an activating group) is 1. The van der Waals surface area contributed by atoms with E-state index in [-0.39, 0.29) is 5.97 Å². The molecule has 0 bridgehead atoms. The van der Waals surface area contributed by atoms with Crippen LogP contribution >= 0.6 is 0 Å². The van der Waals surface area contributed by atoms with Crippen molar-refractivity contribution in [3.05, 3.63) is 12.3 Å². The maximum Gasteiger partial charge on any atom is 0.331 e. The SMILES string of the molecule is COC(=O)/C=C/NCCN(C)C1CCCC1. The minimum Gasteiger partial charge on any atom is -0.466 e. The average molecular weight is 226 g/mol. The molecule has 0 saturated heterocycles. The molecule has 0 aromatic heterocycles. The number of hydrogen-bond donors (Lipinski definition) is 1. The van der Waals surface area contributed by atoms with Crippen molar-refractivity contribution in [3.63, 3.8) is 0 Å². The maximum absolute atomic E-state index is 10.8. The third-order valence-electron chi connectivity index (χ3n) is 3.10. The predicted molar refractivity (Wildman–Crippen MR) is 64.0 cm³/mol. The van der Waals surface area contributed by atoms with Gasteiger partial charge >= 0.3 is 5.97 Å². The number of carbonyl (C=O) groups excluding carboxylic acids is 1. The van der Waals surface area contributed by atoms with Gasteiger partial charge < -0.3 is 15.0 Å². The summed E-state index contributed by atoms with van der Waals surface area (Å²) in [6, 6.07) is 0.756. The molecule has 0 spiro atoms. The van der Waals surface area contributed by atoms with Crippen molar-refractivity contribution in [2.24, 2.45) is 0 Å². The van der Waals surface area contributed by atoms with Gasteiger partial charge in [0.15, 0.2) is 0 Å². The monoisotopic (exact) mass is 226 g/mol. The molecule has 0 aromatic rings. The fourth-order valence-corrected chi connectivity index (χ4v) is 2.05. The Kier molecular flexibility index (Phi) is 5.93. The fourth-order valence-electron chi connectivity index (χ4n) is 2.05. The zero-order chi connectivity index (χ0) is 11.8. The molecule has 1 aliphatic rings. The smallest absolute Gasteiger partial charge is 0.331 e. The zero-order valence-electron chi connectivity index (χ0n) is 10.2. The largest absolute Gasteiger partial charge is 0.466 e. The van der Waals surface area contributed by atoms with Crippen LogP contribution in [0.1, 0.15) is 25.7 Å². The minimum absolute atomic E-state index is 0.323. The van der Waals surface area contributed by atoms with Gasteiger partial charge in [-0.1, -0.05) is 12.8 Å². The van der Waals surface area contributed by atoms with Crippen LogP contribution in [0.2, 0.25) is 0 Å². The molecule has 0 aromatic carbocycles. The summed E-state index contributed by atoms with van der Waals surface area (Å²) in [6.07, 6.45) is 8.43. The summed E-state index contributed by atoms with van der Waals surface area (Å²) in [5.41, 5.74) is 0. The van der Waals surface area contributed by atoms with E-state index in [9.17, 15) is 4.79 Å². The van der Waals surface area contributed by atoms with Crippen molar-refractivity contribution >= 4 is 5.97 Å². The normalized spacial score (nSPS) is 17.2. The van der Waals surface area contributed by atoms with Gasteiger partial charge in [0.25, 0.3) is 0 Å². The van der Waals surface area contributed by atoms with Gasteiger partial charge in [-0.2, -0.15) is 0 Å². The number of rotatable bonds is 6. The topological polar surface area (TPSA) is 41.6 Å². The molecule has 0 atom stereocenters. The number of esters is 1. The minimum atomic E-state index is -0.323. The summed E-state index contributed by atoms with van der Waals surface area (Å²) in [4.78, 5) is 13.2. The average Bonchev–Trinajstić information content (AvgIpc) is 2.81. The molecule has 1 rings (SSSR count). The van der Waals surface area contributed by atoms with Crippen molar-refractivity contribution in [3.8, 4) is 0 Å². The van der Waals surface area contributed by atoms with Gasteiger partial charge in [0.2, 0.25) is 0 Å². The third-order valence-corrected chi connectivity index (χ3v) is 3.10. The third kappa shape index (κ3) is 4.66. The van der Waals surface area contributed by atoms with Crippen LogP contribution in [0.3, 0.4) is 0 Å². The van der Waals surface area contributed by atoms with Crippen LogP contribution in [0, 0.1) is 0 Å². The van der Waals surface area contributed by atoms with Gasteiger partial charge in [-0.15, -0.1) is 0 Å². The second-order valence-corrected chi connectivity index (χ2v) is 4.23. The van der Waals surface area contributed by atoms with Gasteiger partial charge in [-0.3, -0.25) is 0 Å². The summed E-state index contributed by atoms with van der Waals surface area (Å²) in [6.45, 7) is 1.87. The van der Waals surface area contributed by atoms with Crippen molar-refractivity contribution < 1.29 is 9.53 Å². The summed E-state index contributed by atoms with van der Waals surface area (Å²) in [5, 5.41) is 3.08. The molecule has 1 fully saturated rings. The number of carbonyl (C=O) groups is 1. The number of nitrogens with one attached hydrogen (secondary N) is 1. The van der Waals surface area contributed by atoms with Gasteiger partial charge in [0.1, 0.15) is 0 Å². The first-order chi connectivity index (χ1) is 7.74. The van der Waals surface area contributed by atoms with E-state index in [2.05, 4.69) is 22.0 Å². The molecule has 4 heteroatoms. The Balaban J connectivity index is 2.06. The molecule has 0 heterocycles. The van der Waals surface area contributed by atoms with Crippen molar-refractivity contribution in [2.75, 3.05) is 27.2 Å². The van der Waals surface area contributed by atoms with E-state index in [4.69, 9.17) is 0 Å². The van der Waals surface area contributed by atoms with E-state index >= 15 is 0 Å². The molecule has 0 unspecified atom stereocenters. The fraction of sp³-hybridized carbons (Fsp3) is 0.750. The first-order valence-electron chi connectivity index (χ1n) is 5.92. The lowest BCUT2D eigenvalue weighted by atomic mass is 10.2. The first kappa shape index (κ1) is 13.0. The van der Waals surface area contributed by atoms with Crippen LogP contribution in [0.15, 0.2) is 12.3 Å². The quantitative estimate of drug-likeness (QED) is 0.419. The van der Waals surface area contributed by atoms with Gasteiger partial charge in [-0.25, -0.2) is 4.79 Å². The molecule has 1 saturated carbocycles. The number of methoxy groups -OCH3 is 1. The zero-order valence-corrected chi connectivity index (χ0v) is 10.2. The summed E-state index contributed by atoms with van der Waals surface area (Å²) < 4.78 is 4.48. The van der Waals surface area contributed by atoms with E-state index in [0.29, 0.717) is 0 Å². The molecule has 0 amide bonds. The highest BCUT2D eigenvalue weighted by molar-refractivity contribution is 5.81. The van der Waals surface area contributed by atoms with Crippen LogP contribution in [-0.4, -0.2) is 44.2 Å². The summed E-state index contributed by atoms with van der Waals surface area (Å²) >= 11 is 0. The highest BCUT2D eigenvalue weighted by Crippen LogP contribution is 2.21. The van der Waals surface area contributed by atoms with Gasteiger partial charge in [0.05, 0.1) is 7.11 Å². The van der Waals surface area contributed by atoms with Crippen LogP contribution in [0.5, 0.6) is 0 Å². The highest BCUT2D eigenvalue weighted by Gasteiger charge is 2.18. The Hall–Kier alpha value is -1.03. The Morgan fingerprint density at radius 1 is 1.50 bits per heavy atom. The van der Waals surface area contributed by atoms with E-state index in [1.165, 1.54) is 38.9 Å². The maximum atomic E-state index is 10.8. The molecule has 0 radical (unpaired) electrons. The Morgan fingerprint density at radius 3 is 2.81 bits per heavy atom. The first-order valence-corrected chi connectivity index (χ1v) is 5.92. The summed E-state index contributed by atoms with van der Waals surface area (Å²) in [7, 11) is 3.54. The molecular formula is C12H22N2O2. The lowest BCUT2D eigenvalue weighted by molar-refractivity contribution is -0.134.